The molecule has 0 aromatic carbocycles. The van der Waals surface area contributed by atoms with E-state index in [0.29, 0.717) is 13.2 Å². The van der Waals surface area contributed by atoms with Gasteiger partial charge in [0, 0.05) is 37.9 Å². The van der Waals surface area contributed by atoms with Gasteiger partial charge in [-0.2, -0.15) is 0 Å². The molecule has 0 saturated carbocycles. The van der Waals surface area contributed by atoms with Crippen molar-refractivity contribution in [2.75, 3.05) is 32.3 Å². The third-order valence-electron chi connectivity index (χ3n) is 4.79. The fourth-order valence-corrected chi connectivity index (χ4v) is 3.15. The number of aromatic nitrogens is 1. The number of carbonyl (C=O) groups excluding carboxylic acids is 3. The van der Waals surface area contributed by atoms with Crippen molar-refractivity contribution in [2.45, 2.75) is 65.3 Å². The Kier molecular flexibility index (Phi) is 8.12. The highest BCUT2D eigenvalue weighted by atomic mass is 16.7. The number of rotatable bonds is 8. The van der Waals surface area contributed by atoms with Crippen LogP contribution in [0.1, 0.15) is 57.6 Å². The van der Waals surface area contributed by atoms with Gasteiger partial charge in [-0.05, 0) is 41.5 Å². The zero-order chi connectivity index (χ0) is 25.0. The second-order valence-corrected chi connectivity index (χ2v) is 9.14. The van der Waals surface area contributed by atoms with E-state index in [9.17, 15) is 19.2 Å². The van der Waals surface area contributed by atoms with E-state index < -0.39 is 23.3 Å². The van der Waals surface area contributed by atoms with Gasteiger partial charge in [0.1, 0.15) is 17.5 Å². The van der Waals surface area contributed by atoms with Gasteiger partial charge >= 0.3 is 12.1 Å². The summed E-state index contributed by atoms with van der Waals surface area (Å²) in [5.41, 5.74) is 0.824. The highest BCUT2D eigenvalue weighted by molar-refractivity contribution is 5.95. The third kappa shape index (κ3) is 6.70. The molecule has 2 heterocycles. The minimum atomic E-state index is -1.56. The molecule has 0 fully saturated rings. The average Bonchev–Trinajstić information content (AvgIpc) is 2.68. The number of pyridine rings is 1. The molecule has 0 unspecified atom stereocenters. The van der Waals surface area contributed by atoms with E-state index in [0.717, 1.165) is 0 Å². The minimum Gasteiger partial charge on any atom is -0.457 e. The van der Waals surface area contributed by atoms with Crippen LogP contribution in [0.15, 0.2) is 17.1 Å². The van der Waals surface area contributed by atoms with E-state index in [1.54, 1.807) is 25.7 Å². The third-order valence-corrected chi connectivity index (χ3v) is 4.79. The topological polar surface area (TPSA) is 125 Å². The first-order valence-electron chi connectivity index (χ1n) is 10.7. The van der Waals surface area contributed by atoms with Crippen molar-refractivity contribution in [3.8, 4) is 0 Å². The summed E-state index contributed by atoms with van der Waals surface area (Å²) in [5.74, 6) is -1.05. The van der Waals surface area contributed by atoms with Crippen molar-refractivity contribution in [3.63, 3.8) is 0 Å². The molecule has 1 aliphatic rings. The van der Waals surface area contributed by atoms with Gasteiger partial charge in [-0.3, -0.25) is 14.3 Å². The Morgan fingerprint density at radius 1 is 1.09 bits per heavy atom. The molecule has 2 rings (SSSR count). The van der Waals surface area contributed by atoms with Crippen LogP contribution in [-0.2, 0) is 30.2 Å². The van der Waals surface area contributed by atoms with Crippen molar-refractivity contribution in [2.24, 2.45) is 0 Å². The number of nitrogens with one attached hydrogen (secondary N) is 1. The molecule has 0 bridgehead atoms. The van der Waals surface area contributed by atoms with Crippen molar-refractivity contribution in [1.29, 1.82) is 0 Å². The van der Waals surface area contributed by atoms with Gasteiger partial charge in [-0.25, -0.2) is 9.59 Å². The first-order chi connectivity index (χ1) is 15.3. The van der Waals surface area contributed by atoms with Gasteiger partial charge < -0.3 is 29.3 Å². The van der Waals surface area contributed by atoms with Gasteiger partial charge in [0.15, 0.2) is 5.43 Å². The lowest BCUT2D eigenvalue weighted by Gasteiger charge is -2.37. The zero-order valence-electron chi connectivity index (χ0n) is 20.2. The van der Waals surface area contributed by atoms with Crippen LogP contribution >= 0.6 is 0 Å². The van der Waals surface area contributed by atoms with Crippen LogP contribution in [0.5, 0.6) is 0 Å². The summed E-state index contributed by atoms with van der Waals surface area (Å²) in [6.45, 7) is 10.2. The molecule has 1 aliphatic heterocycles. The minimum absolute atomic E-state index is 0.0170. The van der Waals surface area contributed by atoms with Crippen molar-refractivity contribution >= 4 is 18.0 Å². The Balaban J connectivity index is 2.07. The molecule has 0 saturated heterocycles. The molecule has 0 spiro atoms. The Hall–Kier alpha value is -3.08. The molecule has 1 amide bonds. The van der Waals surface area contributed by atoms with E-state index in [2.05, 4.69) is 5.43 Å². The van der Waals surface area contributed by atoms with Crippen molar-refractivity contribution < 1.29 is 33.3 Å². The maximum absolute atomic E-state index is 13.1. The number of ether oxygens (including phenoxy) is 4. The molecule has 184 valence electrons. The van der Waals surface area contributed by atoms with Gasteiger partial charge in [0.2, 0.25) is 5.60 Å². The van der Waals surface area contributed by atoms with E-state index in [-0.39, 0.29) is 41.8 Å². The molecule has 1 atom stereocenters. The SMILES string of the molecule is COCCN1C(=O)c2c(CCOC(=O)OC(C)(C)C(=O)OC(C)(C)C)c(=O)ccn2N[C@@H]1C. The maximum atomic E-state index is 13.1. The molecule has 0 radical (unpaired) electrons. The monoisotopic (exact) mass is 467 g/mol. The second-order valence-electron chi connectivity index (χ2n) is 9.14. The number of methoxy groups -OCH3 is 1. The number of esters is 1. The van der Waals surface area contributed by atoms with E-state index >= 15 is 0 Å². The number of hydrogen-bond acceptors (Lipinski definition) is 9. The molecule has 1 aromatic rings. The van der Waals surface area contributed by atoms with Gasteiger partial charge in [0.05, 0.1) is 13.2 Å². The molecule has 11 nitrogen and oxygen atoms in total. The number of fused-ring (bicyclic) bond motifs is 1. The number of hydrogen-bond donors (Lipinski definition) is 1. The summed E-state index contributed by atoms with van der Waals surface area (Å²) in [7, 11) is 1.54. The van der Waals surface area contributed by atoms with Crippen molar-refractivity contribution in [3.05, 3.63) is 33.7 Å². The summed E-state index contributed by atoms with van der Waals surface area (Å²) >= 11 is 0. The van der Waals surface area contributed by atoms with Crippen LogP contribution in [-0.4, -0.2) is 71.8 Å². The molecule has 1 N–H and O–H groups in total. The Labute approximate surface area is 192 Å². The van der Waals surface area contributed by atoms with E-state index in [1.807, 2.05) is 6.92 Å². The summed E-state index contributed by atoms with van der Waals surface area (Å²) in [4.78, 5) is 51.5. The second kappa shape index (κ2) is 10.2. The highest BCUT2D eigenvalue weighted by Crippen LogP contribution is 2.19. The van der Waals surface area contributed by atoms with Crippen LogP contribution in [0.25, 0.3) is 0 Å². The largest absolute Gasteiger partial charge is 0.509 e. The Bertz CT molecular complexity index is 948. The number of amides is 1. The molecule has 1 aromatic heterocycles. The van der Waals surface area contributed by atoms with E-state index in [4.69, 9.17) is 18.9 Å². The number of nitrogens with zero attached hydrogens (tertiary/aromatic N) is 2. The van der Waals surface area contributed by atoms with Crippen LogP contribution in [0, 0.1) is 0 Å². The van der Waals surface area contributed by atoms with Crippen LogP contribution in [0.3, 0.4) is 0 Å². The van der Waals surface area contributed by atoms with Crippen LogP contribution in [0.2, 0.25) is 0 Å². The quantitative estimate of drug-likeness (QED) is 0.568. The Morgan fingerprint density at radius 3 is 2.36 bits per heavy atom. The fraction of sp³-hybridized carbons (Fsp3) is 0.636. The standard InChI is InChI=1S/C22H33N3O8/c1-14-23-25-10-8-16(26)15(17(25)18(27)24(14)11-13-30-7)9-12-31-20(29)33-22(5,6)19(28)32-21(2,3)4/h8,10,14,23H,9,11-13H2,1-7H3/t14-/m0/s1. The van der Waals surface area contributed by atoms with Gasteiger partial charge in [-0.1, -0.05) is 0 Å². The highest BCUT2D eigenvalue weighted by Gasteiger charge is 2.37. The first kappa shape index (κ1) is 26.2. The Morgan fingerprint density at radius 2 is 1.76 bits per heavy atom. The predicted molar refractivity (Wildman–Crippen MR) is 118 cm³/mol. The summed E-state index contributed by atoms with van der Waals surface area (Å²) in [5, 5.41) is 0. The average molecular weight is 468 g/mol. The van der Waals surface area contributed by atoms with E-state index in [1.165, 1.54) is 37.9 Å². The fourth-order valence-electron chi connectivity index (χ4n) is 3.15. The lowest BCUT2D eigenvalue weighted by Crippen LogP contribution is -2.54. The summed E-state index contributed by atoms with van der Waals surface area (Å²) in [6, 6.07) is 1.33. The maximum Gasteiger partial charge on any atom is 0.509 e. The first-order valence-corrected chi connectivity index (χ1v) is 10.7. The molecule has 0 aliphatic carbocycles. The van der Waals surface area contributed by atoms with Gasteiger partial charge in [0.25, 0.3) is 5.91 Å². The number of carbonyl (C=O) groups is 3. The molecule has 11 heteroatoms. The lowest BCUT2D eigenvalue weighted by atomic mass is 10.1. The smallest absolute Gasteiger partial charge is 0.457 e. The van der Waals surface area contributed by atoms with Gasteiger partial charge in [-0.15, -0.1) is 0 Å². The van der Waals surface area contributed by atoms with Crippen molar-refractivity contribution in [1.82, 2.24) is 9.58 Å². The zero-order valence-corrected chi connectivity index (χ0v) is 20.2. The normalized spacial score (nSPS) is 16.0. The molecular formula is C22H33N3O8. The summed E-state index contributed by atoms with van der Waals surface area (Å²) in [6.07, 6.45) is 0.0749. The van der Waals surface area contributed by atoms with Crippen LogP contribution < -0.4 is 10.9 Å². The molecule has 33 heavy (non-hydrogen) atoms. The predicted octanol–water partition coefficient (Wildman–Crippen LogP) is 1.66. The van der Waals surface area contributed by atoms with Crippen LogP contribution in [0.4, 0.5) is 4.79 Å². The summed E-state index contributed by atoms with van der Waals surface area (Å²) < 4.78 is 22.0. The molecular weight excluding hydrogens is 434 g/mol. The lowest BCUT2D eigenvalue weighted by molar-refractivity contribution is -0.175.